The van der Waals surface area contributed by atoms with Gasteiger partial charge in [0.15, 0.2) is 0 Å². The summed E-state index contributed by atoms with van der Waals surface area (Å²) in [5.41, 5.74) is 0.543. The summed E-state index contributed by atoms with van der Waals surface area (Å²) in [6, 6.07) is 0. The molecule has 4 nitrogen and oxygen atoms in total. The van der Waals surface area contributed by atoms with Crippen LogP contribution in [0.15, 0.2) is 17.0 Å². The fraction of sp³-hybridized carbons (Fsp3) is 0.500. The maximum absolute atomic E-state index is 11.5. The minimum Gasteiger partial charge on any atom is -0.364 e. The van der Waals surface area contributed by atoms with Crippen molar-refractivity contribution in [1.82, 2.24) is 10.1 Å². The first-order valence-corrected chi connectivity index (χ1v) is 3.96. The number of amides is 1. The summed E-state index contributed by atoms with van der Waals surface area (Å²) in [5, 5.41) is 3.48. The molecule has 0 aromatic carbocycles. The van der Waals surface area contributed by atoms with Crippen LogP contribution in [0.25, 0.3) is 0 Å². The monoisotopic (exact) mass is 166 g/mol. The van der Waals surface area contributed by atoms with E-state index in [1.807, 2.05) is 0 Å². The predicted molar refractivity (Wildman–Crippen MR) is 41.6 cm³/mol. The number of carbonyl (C=O) groups is 1. The van der Waals surface area contributed by atoms with Crippen molar-refractivity contribution in [3.63, 3.8) is 0 Å². The van der Waals surface area contributed by atoms with Crippen LogP contribution in [0.4, 0.5) is 0 Å². The number of nitrogens with zero attached hydrogens (tertiary/aromatic N) is 2. The first-order valence-electron chi connectivity index (χ1n) is 3.96. The van der Waals surface area contributed by atoms with E-state index in [1.165, 1.54) is 12.5 Å². The second kappa shape index (κ2) is 2.62. The molecule has 1 aromatic heterocycles. The van der Waals surface area contributed by atoms with E-state index in [0.29, 0.717) is 11.5 Å². The van der Waals surface area contributed by atoms with Crippen molar-refractivity contribution in [2.45, 2.75) is 6.92 Å². The van der Waals surface area contributed by atoms with Crippen LogP contribution in [0.5, 0.6) is 0 Å². The highest BCUT2D eigenvalue weighted by Gasteiger charge is 2.28. The Morgan fingerprint density at radius 2 is 2.50 bits per heavy atom. The molecule has 1 saturated heterocycles. The molecule has 1 aliphatic heterocycles. The highest BCUT2D eigenvalue weighted by Crippen LogP contribution is 2.17. The molecule has 1 aromatic rings. The summed E-state index contributed by atoms with van der Waals surface area (Å²) < 4.78 is 4.58. The van der Waals surface area contributed by atoms with E-state index in [2.05, 4.69) is 16.6 Å². The van der Waals surface area contributed by atoms with Crippen LogP contribution in [-0.4, -0.2) is 29.1 Å². The third kappa shape index (κ3) is 1.09. The Morgan fingerprint density at radius 1 is 1.75 bits per heavy atom. The molecule has 1 aliphatic rings. The Bertz CT molecular complexity index is 275. The first kappa shape index (κ1) is 7.34. The number of rotatable bonds is 1. The molecule has 0 radical (unpaired) electrons. The van der Waals surface area contributed by atoms with Crippen molar-refractivity contribution >= 4 is 5.91 Å². The lowest BCUT2D eigenvalue weighted by atomic mass is 10.0. The van der Waals surface area contributed by atoms with Crippen molar-refractivity contribution in [2.75, 3.05) is 13.1 Å². The molecule has 0 aliphatic carbocycles. The van der Waals surface area contributed by atoms with E-state index in [4.69, 9.17) is 0 Å². The number of hydrogen-bond acceptors (Lipinski definition) is 3. The smallest absolute Gasteiger partial charge is 0.258 e. The van der Waals surface area contributed by atoms with Crippen LogP contribution in [-0.2, 0) is 0 Å². The highest BCUT2D eigenvalue weighted by molar-refractivity contribution is 5.94. The Labute approximate surface area is 70.1 Å². The normalized spacial score (nSPS) is 17.6. The van der Waals surface area contributed by atoms with Gasteiger partial charge in [0, 0.05) is 13.1 Å². The summed E-state index contributed by atoms with van der Waals surface area (Å²) in [5.74, 6) is 0.656. The minimum atomic E-state index is 0.0225. The lowest BCUT2D eigenvalue weighted by Gasteiger charge is -2.36. The van der Waals surface area contributed by atoms with Crippen LogP contribution in [0.3, 0.4) is 0 Å². The fourth-order valence-corrected chi connectivity index (χ4v) is 1.36. The molecule has 2 heterocycles. The molecule has 0 unspecified atom stereocenters. The van der Waals surface area contributed by atoms with Gasteiger partial charge in [-0.15, -0.1) is 0 Å². The van der Waals surface area contributed by atoms with Crippen LogP contribution < -0.4 is 0 Å². The highest BCUT2D eigenvalue weighted by atomic mass is 16.5. The van der Waals surface area contributed by atoms with Crippen LogP contribution in [0, 0.1) is 5.92 Å². The maximum atomic E-state index is 11.5. The van der Waals surface area contributed by atoms with Gasteiger partial charge in [0.1, 0.15) is 6.26 Å². The summed E-state index contributed by atoms with van der Waals surface area (Å²) in [7, 11) is 0. The standard InChI is InChI=1S/C8H10N2O2/c1-6-3-10(4-6)8(11)7-2-9-12-5-7/h2,5-6H,3-4H2,1H3. The molecular formula is C8H10N2O2. The molecule has 12 heavy (non-hydrogen) atoms. The molecule has 64 valence electrons. The molecule has 0 saturated carbocycles. The fourth-order valence-electron chi connectivity index (χ4n) is 1.36. The van der Waals surface area contributed by atoms with E-state index >= 15 is 0 Å². The molecule has 0 atom stereocenters. The van der Waals surface area contributed by atoms with Crippen molar-refractivity contribution in [1.29, 1.82) is 0 Å². The van der Waals surface area contributed by atoms with Gasteiger partial charge in [-0.05, 0) is 5.92 Å². The number of likely N-dealkylation sites (tertiary alicyclic amines) is 1. The molecule has 1 fully saturated rings. The number of carbonyl (C=O) groups excluding carboxylic acids is 1. The molecule has 0 N–H and O–H groups in total. The van der Waals surface area contributed by atoms with Gasteiger partial charge in [0.25, 0.3) is 5.91 Å². The molecule has 4 heteroatoms. The number of hydrogen-bond donors (Lipinski definition) is 0. The SMILES string of the molecule is CC1CN(C(=O)c2cnoc2)C1. The summed E-state index contributed by atoms with van der Waals surface area (Å²) in [4.78, 5) is 13.2. The molecule has 2 rings (SSSR count). The van der Waals surface area contributed by atoms with Crippen LogP contribution >= 0.6 is 0 Å². The van der Waals surface area contributed by atoms with Crippen molar-refractivity contribution in [2.24, 2.45) is 5.92 Å². The average molecular weight is 166 g/mol. The third-order valence-corrected chi connectivity index (χ3v) is 2.03. The van der Waals surface area contributed by atoms with E-state index in [9.17, 15) is 4.79 Å². The zero-order valence-electron chi connectivity index (χ0n) is 6.86. The Balaban J connectivity index is 2.03. The van der Waals surface area contributed by atoms with Gasteiger partial charge in [-0.1, -0.05) is 12.1 Å². The molecule has 0 spiro atoms. The Kier molecular flexibility index (Phi) is 1.60. The summed E-state index contributed by atoms with van der Waals surface area (Å²) >= 11 is 0. The van der Waals surface area contributed by atoms with Gasteiger partial charge < -0.3 is 9.42 Å². The number of aromatic nitrogens is 1. The van der Waals surface area contributed by atoms with Gasteiger partial charge in [-0.25, -0.2) is 0 Å². The average Bonchev–Trinajstić information content (AvgIpc) is 2.49. The van der Waals surface area contributed by atoms with Crippen molar-refractivity contribution in [3.8, 4) is 0 Å². The Hall–Kier alpha value is -1.32. The lowest BCUT2D eigenvalue weighted by molar-refractivity contribution is 0.0529. The van der Waals surface area contributed by atoms with Gasteiger partial charge in [0.2, 0.25) is 0 Å². The second-order valence-corrected chi connectivity index (χ2v) is 3.23. The van der Waals surface area contributed by atoms with Crippen LogP contribution in [0.2, 0.25) is 0 Å². The first-order chi connectivity index (χ1) is 5.77. The maximum Gasteiger partial charge on any atom is 0.258 e. The summed E-state index contributed by atoms with van der Waals surface area (Å²) in [6.45, 7) is 3.82. The third-order valence-electron chi connectivity index (χ3n) is 2.03. The van der Waals surface area contributed by atoms with Gasteiger partial charge in [-0.3, -0.25) is 4.79 Å². The molecule has 1 amide bonds. The molecule has 0 bridgehead atoms. The van der Waals surface area contributed by atoms with E-state index in [1.54, 1.807) is 4.90 Å². The topological polar surface area (TPSA) is 46.3 Å². The van der Waals surface area contributed by atoms with Gasteiger partial charge >= 0.3 is 0 Å². The Morgan fingerprint density at radius 3 is 3.00 bits per heavy atom. The van der Waals surface area contributed by atoms with Crippen molar-refractivity contribution < 1.29 is 9.32 Å². The van der Waals surface area contributed by atoms with E-state index < -0.39 is 0 Å². The summed E-state index contributed by atoms with van der Waals surface area (Å²) in [6.07, 6.45) is 2.83. The largest absolute Gasteiger partial charge is 0.364 e. The van der Waals surface area contributed by atoms with E-state index in [0.717, 1.165) is 13.1 Å². The van der Waals surface area contributed by atoms with Crippen LogP contribution in [0.1, 0.15) is 17.3 Å². The lowest BCUT2D eigenvalue weighted by Crippen LogP contribution is -2.48. The van der Waals surface area contributed by atoms with Crippen molar-refractivity contribution in [3.05, 3.63) is 18.0 Å². The molecular weight excluding hydrogens is 156 g/mol. The quantitative estimate of drug-likeness (QED) is 0.619. The predicted octanol–water partition coefficient (Wildman–Crippen LogP) is 0.766. The second-order valence-electron chi connectivity index (χ2n) is 3.23. The minimum absolute atomic E-state index is 0.0225. The van der Waals surface area contributed by atoms with E-state index in [-0.39, 0.29) is 5.91 Å². The van der Waals surface area contributed by atoms with Gasteiger partial charge in [0.05, 0.1) is 11.8 Å². The zero-order chi connectivity index (χ0) is 8.55. The zero-order valence-corrected chi connectivity index (χ0v) is 6.86. The van der Waals surface area contributed by atoms with Gasteiger partial charge in [-0.2, -0.15) is 0 Å².